The molecule has 0 aliphatic heterocycles. The highest BCUT2D eigenvalue weighted by molar-refractivity contribution is 7.90. The standard InChI is InChI=1S/C4H12N4O3S/c1-12(9,10)3-2-11-8(7)4(5)6/h2-3,7H2,1H3,(H3,5,6). The number of rotatable bonds is 4. The summed E-state index contributed by atoms with van der Waals surface area (Å²) in [5, 5.41) is 7.24. The number of hydroxylamine groups is 1. The van der Waals surface area contributed by atoms with Gasteiger partial charge in [0, 0.05) is 6.26 Å². The second kappa shape index (κ2) is 4.24. The van der Waals surface area contributed by atoms with Crippen LogP contribution in [0.1, 0.15) is 0 Å². The average Bonchev–Trinajstić information content (AvgIpc) is 1.84. The van der Waals surface area contributed by atoms with Crippen LogP contribution in [0.3, 0.4) is 0 Å². The number of hydrogen-bond donors (Lipinski definition) is 3. The molecule has 7 nitrogen and oxygen atoms in total. The quantitative estimate of drug-likeness (QED) is 0.207. The molecule has 5 N–H and O–H groups in total. The zero-order valence-corrected chi connectivity index (χ0v) is 7.47. The molecule has 0 aliphatic carbocycles. The fraction of sp³-hybridized carbons (Fsp3) is 0.750. The van der Waals surface area contributed by atoms with Crippen molar-refractivity contribution >= 4 is 15.8 Å². The first-order chi connectivity index (χ1) is 5.33. The third-order valence-electron chi connectivity index (χ3n) is 0.922. The molecule has 0 aromatic carbocycles. The summed E-state index contributed by atoms with van der Waals surface area (Å²) in [5.74, 6) is 4.37. The fourth-order valence-corrected chi connectivity index (χ4v) is 0.734. The number of nitrogens with two attached hydrogens (primary N) is 2. The van der Waals surface area contributed by atoms with Gasteiger partial charge in [-0.25, -0.2) is 14.3 Å². The predicted octanol–water partition coefficient (Wildman–Crippen LogP) is -1.97. The van der Waals surface area contributed by atoms with Gasteiger partial charge in [-0.05, 0) is 0 Å². The van der Waals surface area contributed by atoms with Crippen LogP contribution >= 0.6 is 0 Å². The largest absolute Gasteiger partial charge is 0.367 e. The van der Waals surface area contributed by atoms with Crippen molar-refractivity contribution in [3.8, 4) is 0 Å². The second-order valence-corrected chi connectivity index (χ2v) is 4.43. The molecule has 0 saturated heterocycles. The molecule has 0 aliphatic rings. The monoisotopic (exact) mass is 196 g/mol. The minimum Gasteiger partial charge on any atom is -0.367 e. The van der Waals surface area contributed by atoms with E-state index in [-0.39, 0.29) is 12.4 Å². The lowest BCUT2D eigenvalue weighted by Crippen LogP contribution is -2.42. The maximum absolute atomic E-state index is 10.6. The van der Waals surface area contributed by atoms with Crippen molar-refractivity contribution in [2.75, 3.05) is 18.6 Å². The molecule has 0 saturated carbocycles. The van der Waals surface area contributed by atoms with Gasteiger partial charge in [0.2, 0.25) is 5.96 Å². The van der Waals surface area contributed by atoms with Crippen LogP contribution in [-0.2, 0) is 14.7 Å². The predicted molar refractivity (Wildman–Crippen MR) is 43.6 cm³/mol. The van der Waals surface area contributed by atoms with Crippen LogP contribution < -0.4 is 11.6 Å². The Bertz CT molecular complexity index is 249. The molecule has 0 rings (SSSR count). The van der Waals surface area contributed by atoms with E-state index in [9.17, 15) is 8.42 Å². The SMILES string of the molecule is CS(=O)(=O)CCON(N)C(=N)N. The normalized spacial score (nSPS) is 11.2. The first-order valence-electron chi connectivity index (χ1n) is 3.02. The number of hydrogen-bond acceptors (Lipinski definition) is 5. The molecule has 8 heteroatoms. The van der Waals surface area contributed by atoms with Gasteiger partial charge in [-0.15, -0.1) is 0 Å². The van der Waals surface area contributed by atoms with E-state index < -0.39 is 15.8 Å². The van der Waals surface area contributed by atoms with E-state index in [2.05, 4.69) is 4.84 Å². The number of hydrazine groups is 1. The minimum atomic E-state index is -3.06. The highest BCUT2D eigenvalue weighted by Gasteiger charge is 2.05. The Morgan fingerprint density at radius 3 is 2.50 bits per heavy atom. The highest BCUT2D eigenvalue weighted by atomic mass is 32.2. The van der Waals surface area contributed by atoms with Gasteiger partial charge in [0.05, 0.1) is 12.4 Å². The van der Waals surface area contributed by atoms with Gasteiger partial charge < -0.3 is 5.73 Å². The molecule has 0 radical (unpaired) electrons. The third kappa shape index (κ3) is 5.89. The van der Waals surface area contributed by atoms with Crippen LogP contribution in [0.2, 0.25) is 0 Å². The maximum Gasteiger partial charge on any atom is 0.228 e. The molecule has 0 atom stereocenters. The molecule has 0 heterocycles. The van der Waals surface area contributed by atoms with E-state index in [0.29, 0.717) is 5.17 Å². The van der Waals surface area contributed by atoms with Crippen molar-refractivity contribution in [1.82, 2.24) is 5.17 Å². The summed E-state index contributed by atoms with van der Waals surface area (Å²) in [5.41, 5.74) is 4.90. The van der Waals surface area contributed by atoms with E-state index in [1.165, 1.54) is 0 Å². The van der Waals surface area contributed by atoms with E-state index in [0.717, 1.165) is 6.26 Å². The van der Waals surface area contributed by atoms with Crippen LogP contribution in [0.15, 0.2) is 0 Å². The first kappa shape index (κ1) is 11.1. The molecule has 72 valence electrons. The van der Waals surface area contributed by atoms with Gasteiger partial charge in [0.15, 0.2) is 0 Å². The average molecular weight is 196 g/mol. The van der Waals surface area contributed by atoms with Crippen LogP contribution in [0.4, 0.5) is 0 Å². The molecule has 0 amide bonds. The van der Waals surface area contributed by atoms with Crippen molar-refractivity contribution < 1.29 is 13.3 Å². The Kier molecular flexibility index (Phi) is 3.93. The Balaban J connectivity index is 3.65. The number of nitrogens with one attached hydrogen (secondary N) is 1. The molecular weight excluding hydrogens is 184 g/mol. The van der Waals surface area contributed by atoms with E-state index in [4.69, 9.17) is 17.0 Å². The fourth-order valence-electron chi connectivity index (χ4n) is 0.357. The molecule has 0 aromatic rings. The van der Waals surface area contributed by atoms with Gasteiger partial charge in [-0.3, -0.25) is 10.2 Å². The summed E-state index contributed by atoms with van der Waals surface area (Å²) in [4.78, 5) is 4.56. The molecule has 0 aromatic heterocycles. The lowest BCUT2D eigenvalue weighted by Gasteiger charge is -2.14. The van der Waals surface area contributed by atoms with Crippen molar-refractivity contribution in [3.63, 3.8) is 0 Å². The molecule has 0 unspecified atom stereocenters. The van der Waals surface area contributed by atoms with Crippen molar-refractivity contribution in [2.45, 2.75) is 0 Å². The molecular formula is C4H12N4O3S. The van der Waals surface area contributed by atoms with Gasteiger partial charge in [0.25, 0.3) is 0 Å². The Morgan fingerprint density at radius 1 is 1.67 bits per heavy atom. The van der Waals surface area contributed by atoms with Gasteiger partial charge in [-0.1, -0.05) is 0 Å². The Morgan fingerprint density at radius 2 is 2.17 bits per heavy atom. The smallest absolute Gasteiger partial charge is 0.228 e. The summed E-state index contributed by atoms with van der Waals surface area (Å²) < 4.78 is 21.1. The topological polar surface area (TPSA) is 123 Å². The zero-order chi connectivity index (χ0) is 9.78. The maximum atomic E-state index is 10.6. The van der Waals surface area contributed by atoms with Gasteiger partial charge >= 0.3 is 0 Å². The number of nitrogens with zero attached hydrogens (tertiary/aromatic N) is 1. The summed E-state index contributed by atoms with van der Waals surface area (Å²) in [7, 11) is -3.06. The molecule has 12 heavy (non-hydrogen) atoms. The Labute approximate surface area is 70.6 Å². The van der Waals surface area contributed by atoms with Crippen molar-refractivity contribution in [2.24, 2.45) is 11.6 Å². The molecule has 0 spiro atoms. The lowest BCUT2D eigenvalue weighted by molar-refractivity contribution is -0.0961. The summed E-state index contributed by atoms with van der Waals surface area (Å²) >= 11 is 0. The minimum absolute atomic E-state index is 0.116. The molecule has 0 bridgehead atoms. The van der Waals surface area contributed by atoms with Crippen LogP contribution in [0.5, 0.6) is 0 Å². The van der Waals surface area contributed by atoms with E-state index in [1.54, 1.807) is 0 Å². The van der Waals surface area contributed by atoms with Crippen LogP contribution in [-0.4, -0.2) is 38.2 Å². The Hall–Kier alpha value is -0.860. The number of sulfone groups is 1. The van der Waals surface area contributed by atoms with Crippen LogP contribution in [0.25, 0.3) is 0 Å². The van der Waals surface area contributed by atoms with Crippen LogP contribution in [0, 0.1) is 5.41 Å². The van der Waals surface area contributed by atoms with Gasteiger partial charge in [0.1, 0.15) is 9.84 Å². The highest BCUT2D eigenvalue weighted by Crippen LogP contribution is 1.85. The first-order valence-corrected chi connectivity index (χ1v) is 5.08. The third-order valence-corrected chi connectivity index (χ3v) is 1.83. The second-order valence-electron chi connectivity index (χ2n) is 2.17. The zero-order valence-electron chi connectivity index (χ0n) is 6.65. The molecule has 0 fully saturated rings. The number of guanidine groups is 1. The summed E-state index contributed by atoms with van der Waals surface area (Å²) in [6, 6.07) is 0. The van der Waals surface area contributed by atoms with Crippen molar-refractivity contribution in [3.05, 3.63) is 0 Å². The lowest BCUT2D eigenvalue weighted by atomic mass is 10.9. The summed E-state index contributed by atoms with van der Waals surface area (Å²) in [6.07, 6.45) is 1.07. The van der Waals surface area contributed by atoms with E-state index in [1.807, 2.05) is 0 Å². The van der Waals surface area contributed by atoms with Crippen molar-refractivity contribution in [1.29, 1.82) is 5.41 Å². The van der Waals surface area contributed by atoms with Gasteiger partial charge in [-0.2, -0.15) is 5.17 Å². The summed E-state index contributed by atoms with van der Waals surface area (Å²) in [6.45, 7) is -0.116. The van der Waals surface area contributed by atoms with E-state index >= 15 is 0 Å².